The highest BCUT2D eigenvalue weighted by Gasteiger charge is 2.17. The predicted octanol–water partition coefficient (Wildman–Crippen LogP) is 3.78. The van der Waals surface area contributed by atoms with E-state index in [-0.39, 0.29) is 0 Å². The number of rotatable bonds is 2. The van der Waals surface area contributed by atoms with Crippen LogP contribution in [0.2, 0.25) is 0 Å². The molecule has 0 spiro atoms. The fourth-order valence-electron chi connectivity index (χ4n) is 1.46. The Balaban J connectivity index is 3.02. The topological polar surface area (TPSA) is 0 Å². The Morgan fingerprint density at radius 3 is 2.75 bits per heavy atom. The lowest BCUT2D eigenvalue weighted by atomic mass is 9.96. The Kier molecular flexibility index (Phi) is 3.21. The summed E-state index contributed by atoms with van der Waals surface area (Å²) >= 11 is 1.92. The van der Waals surface area contributed by atoms with Gasteiger partial charge >= 0.3 is 0 Å². The van der Waals surface area contributed by atoms with Crippen molar-refractivity contribution in [3.05, 3.63) is 35.3 Å². The molecule has 0 saturated carbocycles. The van der Waals surface area contributed by atoms with Gasteiger partial charge in [-0.25, -0.2) is 0 Å². The van der Waals surface area contributed by atoms with Crippen LogP contribution in [0.5, 0.6) is 0 Å². The van der Waals surface area contributed by atoms with E-state index in [9.17, 15) is 0 Å². The van der Waals surface area contributed by atoms with Crippen molar-refractivity contribution in [1.82, 2.24) is 0 Å². The average Bonchev–Trinajstić information content (AvgIpc) is 2.03. The van der Waals surface area contributed by atoms with Gasteiger partial charge in [-0.3, -0.25) is 0 Å². The molecule has 0 fully saturated rings. The molecule has 1 aliphatic rings. The van der Waals surface area contributed by atoms with Gasteiger partial charge in [0.15, 0.2) is 0 Å². The molecular weight excluding hydrogens is 164 g/mol. The zero-order valence-corrected chi connectivity index (χ0v) is 8.71. The van der Waals surface area contributed by atoms with Crippen LogP contribution in [0.3, 0.4) is 0 Å². The second-order valence-corrected chi connectivity index (χ2v) is 4.41. The van der Waals surface area contributed by atoms with E-state index >= 15 is 0 Å². The molecular formula is C11H16S. The third kappa shape index (κ3) is 1.84. The second kappa shape index (κ2) is 3.99. The molecule has 1 rings (SSSR count). The molecule has 0 N–H and O–H groups in total. The summed E-state index contributed by atoms with van der Waals surface area (Å²) < 4.78 is 0. The smallest absolute Gasteiger partial charge is 0.0130 e. The summed E-state index contributed by atoms with van der Waals surface area (Å²) in [4.78, 5) is 1.36. The minimum absolute atomic E-state index is 0.662. The van der Waals surface area contributed by atoms with Gasteiger partial charge in [0.25, 0.3) is 0 Å². The van der Waals surface area contributed by atoms with E-state index < -0.39 is 0 Å². The standard InChI is InChI=1S/C11H16S/c1-5-10-9(4)6-7-12-11(10)8(2)3/h5,9H,1-2,6-7H2,3-4H3. The van der Waals surface area contributed by atoms with E-state index in [4.69, 9.17) is 0 Å². The first-order valence-electron chi connectivity index (χ1n) is 4.32. The second-order valence-electron chi connectivity index (χ2n) is 3.31. The molecule has 0 aromatic heterocycles. The number of thioether (sulfide) groups is 1. The molecule has 1 atom stereocenters. The summed E-state index contributed by atoms with van der Waals surface area (Å²) in [6.45, 7) is 12.2. The van der Waals surface area contributed by atoms with E-state index in [0.717, 1.165) is 0 Å². The lowest BCUT2D eigenvalue weighted by Crippen LogP contribution is -2.07. The maximum atomic E-state index is 3.98. The van der Waals surface area contributed by atoms with Gasteiger partial charge < -0.3 is 0 Å². The maximum Gasteiger partial charge on any atom is 0.0130 e. The van der Waals surface area contributed by atoms with Gasteiger partial charge in [-0.2, -0.15) is 0 Å². The van der Waals surface area contributed by atoms with E-state index in [1.54, 1.807) is 0 Å². The first kappa shape index (κ1) is 9.66. The van der Waals surface area contributed by atoms with Gasteiger partial charge in [0.2, 0.25) is 0 Å². The van der Waals surface area contributed by atoms with Crippen LogP contribution in [-0.4, -0.2) is 5.75 Å². The summed E-state index contributed by atoms with van der Waals surface area (Å²) in [5.41, 5.74) is 2.57. The summed E-state index contributed by atoms with van der Waals surface area (Å²) in [5.74, 6) is 1.89. The molecule has 0 amide bonds. The molecule has 0 saturated heterocycles. The van der Waals surface area contributed by atoms with E-state index in [1.807, 2.05) is 17.8 Å². The lowest BCUT2D eigenvalue weighted by molar-refractivity contribution is 0.669. The van der Waals surface area contributed by atoms with Crippen molar-refractivity contribution in [3.63, 3.8) is 0 Å². The van der Waals surface area contributed by atoms with Crippen molar-refractivity contribution < 1.29 is 0 Å². The molecule has 1 unspecified atom stereocenters. The Bertz CT molecular complexity index is 235. The fourth-order valence-corrected chi connectivity index (χ4v) is 2.84. The summed E-state index contributed by atoms with van der Waals surface area (Å²) in [5, 5.41) is 0. The highest BCUT2D eigenvalue weighted by Crippen LogP contribution is 2.37. The van der Waals surface area contributed by atoms with Gasteiger partial charge in [-0.1, -0.05) is 26.2 Å². The van der Waals surface area contributed by atoms with Crippen LogP contribution < -0.4 is 0 Å². The molecule has 1 heterocycles. The van der Waals surface area contributed by atoms with Crippen LogP contribution in [0, 0.1) is 5.92 Å². The van der Waals surface area contributed by atoms with Crippen LogP contribution in [0.4, 0.5) is 0 Å². The van der Waals surface area contributed by atoms with Crippen LogP contribution in [-0.2, 0) is 0 Å². The fraction of sp³-hybridized carbons (Fsp3) is 0.455. The third-order valence-electron chi connectivity index (χ3n) is 2.20. The normalized spacial score (nSPS) is 24.0. The van der Waals surface area contributed by atoms with Gasteiger partial charge in [-0.05, 0) is 36.2 Å². The minimum Gasteiger partial charge on any atom is -0.126 e. The van der Waals surface area contributed by atoms with Crippen LogP contribution in [0.15, 0.2) is 35.3 Å². The molecule has 0 aromatic carbocycles. The first-order valence-corrected chi connectivity index (χ1v) is 5.30. The Morgan fingerprint density at radius 2 is 2.33 bits per heavy atom. The Morgan fingerprint density at radius 1 is 1.67 bits per heavy atom. The van der Waals surface area contributed by atoms with Crippen molar-refractivity contribution in [2.45, 2.75) is 20.3 Å². The largest absolute Gasteiger partial charge is 0.126 e. The average molecular weight is 180 g/mol. The quantitative estimate of drug-likeness (QED) is 0.623. The van der Waals surface area contributed by atoms with Gasteiger partial charge in [0.1, 0.15) is 0 Å². The van der Waals surface area contributed by atoms with Crippen molar-refractivity contribution in [3.8, 4) is 0 Å². The zero-order valence-electron chi connectivity index (χ0n) is 7.89. The van der Waals surface area contributed by atoms with E-state index in [2.05, 4.69) is 27.0 Å². The van der Waals surface area contributed by atoms with Crippen LogP contribution >= 0.6 is 11.8 Å². The highest BCUT2D eigenvalue weighted by atomic mass is 32.2. The molecule has 12 heavy (non-hydrogen) atoms. The van der Waals surface area contributed by atoms with Crippen molar-refractivity contribution in [1.29, 1.82) is 0 Å². The Labute approximate surface area is 79.4 Å². The molecule has 1 aliphatic heterocycles. The molecule has 0 aliphatic carbocycles. The monoisotopic (exact) mass is 180 g/mol. The molecule has 66 valence electrons. The first-order chi connectivity index (χ1) is 5.66. The zero-order chi connectivity index (χ0) is 9.14. The number of hydrogen-bond donors (Lipinski definition) is 0. The highest BCUT2D eigenvalue weighted by molar-refractivity contribution is 8.03. The van der Waals surface area contributed by atoms with Crippen molar-refractivity contribution in [2.75, 3.05) is 5.75 Å². The van der Waals surface area contributed by atoms with E-state index in [1.165, 1.54) is 28.2 Å². The van der Waals surface area contributed by atoms with Crippen LogP contribution in [0.25, 0.3) is 0 Å². The number of hydrogen-bond acceptors (Lipinski definition) is 1. The summed E-state index contributed by atoms with van der Waals surface area (Å²) in [7, 11) is 0. The van der Waals surface area contributed by atoms with Crippen LogP contribution in [0.1, 0.15) is 20.3 Å². The summed E-state index contributed by atoms with van der Waals surface area (Å²) in [6, 6.07) is 0. The van der Waals surface area contributed by atoms with Gasteiger partial charge in [-0.15, -0.1) is 11.8 Å². The molecule has 0 bridgehead atoms. The SMILES string of the molecule is C=CC1=C(C(=C)C)SCCC1C. The van der Waals surface area contributed by atoms with Crippen molar-refractivity contribution in [2.24, 2.45) is 5.92 Å². The van der Waals surface area contributed by atoms with Gasteiger partial charge in [0.05, 0.1) is 0 Å². The Hall–Kier alpha value is -0.430. The third-order valence-corrected chi connectivity index (χ3v) is 3.51. The maximum absolute atomic E-state index is 3.98. The molecule has 0 aromatic rings. The van der Waals surface area contributed by atoms with Gasteiger partial charge in [0, 0.05) is 4.91 Å². The molecule has 0 radical (unpaired) electrons. The summed E-state index contributed by atoms with van der Waals surface area (Å²) in [6.07, 6.45) is 3.25. The van der Waals surface area contributed by atoms with E-state index in [0.29, 0.717) is 5.92 Å². The molecule has 0 nitrogen and oxygen atoms in total. The number of allylic oxidation sites excluding steroid dienone is 3. The molecule has 1 heteroatoms. The predicted molar refractivity (Wildman–Crippen MR) is 58.3 cm³/mol. The minimum atomic E-state index is 0.662. The van der Waals surface area contributed by atoms with Crippen molar-refractivity contribution >= 4 is 11.8 Å². The lowest BCUT2D eigenvalue weighted by Gasteiger charge is -2.23.